The van der Waals surface area contributed by atoms with E-state index in [0.29, 0.717) is 17.3 Å². The number of phenolic OH excluding ortho intramolecular Hbond substituents is 1. The Balaban J connectivity index is 1.96. The van der Waals surface area contributed by atoms with Gasteiger partial charge < -0.3 is 19.3 Å². The highest BCUT2D eigenvalue weighted by atomic mass is 79.9. The molecule has 2 fully saturated rings. The fourth-order valence-electron chi connectivity index (χ4n) is 2.80. The molecule has 1 saturated heterocycles. The average molecular weight is 383 g/mol. The SMILES string of the molecule is COc1cc(Br)cc(C=C2C(=O)OC3(CCCC3)OC2=O)c1O. The van der Waals surface area contributed by atoms with E-state index in [2.05, 4.69) is 15.9 Å². The van der Waals surface area contributed by atoms with Crippen molar-refractivity contribution in [2.24, 2.45) is 0 Å². The van der Waals surface area contributed by atoms with E-state index < -0.39 is 17.7 Å². The molecule has 6 nitrogen and oxygen atoms in total. The van der Waals surface area contributed by atoms with E-state index in [9.17, 15) is 14.7 Å². The number of methoxy groups -OCH3 is 1. The van der Waals surface area contributed by atoms with Gasteiger partial charge in [0.15, 0.2) is 11.5 Å². The summed E-state index contributed by atoms with van der Waals surface area (Å²) in [5.74, 6) is -2.54. The summed E-state index contributed by atoms with van der Waals surface area (Å²) in [7, 11) is 1.41. The minimum absolute atomic E-state index is 0.176. The van der Waals surface area contributed by atoms with Gasteiger partial charge in [0, 0.05) is 22.9 Å². The monoisotopic (exact) mass is 382 g/mol. The number of esters is 2. The van der Waals surface area contributed by atoms with Gasteiger partial charge in [-0.25, -0.2) is 9.59 Å². The predicted molar refractivity (Wildman–Crippen MR) is 83.7 cm³/mol. The summed E-state index contributed by atoms with van der Waals surface area (Å²) in [6.07, 6.45) is 3.99. The van der Waals surface area contributed by atoms with Gasteiger partial charge in [-0.2, -0.15) is 0 Å². The lowest BCUT2D eigenvalue weighted by Gasteiger charge is -2.32. The molecular weight excluding hydrogens is 368 g/mol. The number of aromatic hydroxyl groups is 1. The molecule has 0 amide bonds. The summed E-state index contributed by atoms with van der Waals surface area (Å²) >= 11 is 3.28. The molecule has 1 aliphatic heterocycles. The van der Waals surface area contributed by atoms with Crippen LogP contribution in [0.15, 0.2) is 22.2 Å². The molecule has 1 spiro atoms. The molecule has 1 N–H and O–H groups in total. The molecule has 0 unspecified atom stereocenters. The van der Waals surface area contributed by atoms with Gasteiger partial charge >= 0.3 is 11.9 Å². The molecule has 1 heterocycles. The molecule has 0 aromatic heterocycles. The first-order valence-corrected chi connectivity index (χ1v) is 7.98. The third-order valence-corrected chi connectivity index (χ3v) is 4.41. The molecule has 1 aromatic carbocycles. The van der Waals surface area contributed by atoms with Crippen LogP contribution < -0.4 is 4.74 Å². The largest absolute Gasteiger partial charge is 0.504 e. The molecule has 23 heavy (non-hydrogen) atoms. The number of benzene rings is 1. The molecule has 122 valence electrons. The minimum Gasteiger partial charge on any atom is -0.504 e. The smallest absolute Gasteiger partial charge is 0.348 e. The summed E-state index contributed by atoms with van der Waals surface area (Å²) in [6.45, 7) is 0. The average Bonchev–Trinajstić information content (AvgIpc) is 2.93. The van der Waals surface area contributed by atoms with Crippen molar-refractivity contribution in [1.82, 2.24) is 0 Å². The Bertz CT molecular complexity index is 681. The fourth-order valence-corrected chi connectivity index (χ4v) is 3.26. The van der Waals surface area contributed by atoms with Crippen molar-refractivity contribution >= 4 is 33.9 Å². The van der Waals surface area contributed by atoms with Crippen LogP contribution in [0.1, 0.15) is 31.2 Å². The highest BCUT2D eigenvalue weighted by Gasteiger charge is 2.47. The maximum Gasteiger partial charge on any atom is 0.348 e. The van der Waals surface area contributed by atoms with E-state index in [1.54, 1.807) is 12.1 Å². The van der Waals surface area contributed by atoms with Crippen LogP contribution in [0, 0.1) is 0 Å². The molecule has 0 bridgehead atoms. The summed E-state index contributed by atoms with van der Waals surface area (Å²) in [4.78, 5) is 24.4. The Morgan fingerprint density at radius 2 is 1.83 bits per heavy atom. The van der Waals surface area contributed by atoms with Crippen LogP contribution in [0.5, 0.6) is 11.5 Å². The Labute approximate surface area is 141 Å². The highest BCUT2D eigenvalue weighted by Crippen LogP contribution is 2.40. The lowest BCUT2D eigenvalue weighted by atomic mass is 10.1. The summed E-state index contributed by atoms with van der Waals surface area (Å²) in [5.41, 5.74) is 0.000440. The second kappa shape index (κ2) is 5.88. The lowest BCUT2D eigenvalue weighted by molar-refractivity contribution is -0.232. The van der Waals surface area contributed by atoms with E-state index in [1.807, 2.05) is 0 Å². The molecule has 3 rings (SSSR count). The first-order valence-electron chi connectivity index (χ1n) is 7.19. The molecule has 0 atom stereocenters. The van der Waals surface area contributed by atoms with Crippen molar-refractivity contribution < 1.29 is 28.9 Å². The topological polar surface area (TPSA) is 82.1 Å². The maximum absolute atomic E-state index is 12.2. The molecule has 2 aliphatic rings. The zero-order valence-corrected chi connectivity index (χ0v) is 14.0. The molecule has 1 aromatic rings. The standard InChI is InChI=1S/C16H15BrO6/c1-21-12-8-10(17)6-9(13(12)18)7-11-14(19)22-16(23-15(11)20)4-2-3-5-16/h6-8,18H,2-5H2,1H3. The van der Waals surface area contributed by atoms with Gasteiger partial charge in [0.1, 0.15) is 5.57 Å². The van der Waals surface area contributed by atoms with E-state index in [0.717, 1.165) is 12.8 Å². The number of carbonyl (C=O) groups is 2. The maximum atomic E-state index is 12.2. The predicted octanol–water partition coefficient (Wildman–Crippen LogP) is 2.92. The van der Waals surface area contributed by atoms with Crippen molar-refractivity contribution in [2.75, 3.05) is 7.11 Å². The van der Waals surface area contributed by atoms with Crippen LogP contribution in [-0.4, -0.2) is 29.9 Å². The third-order valence-electron chi connectivity index (χ3n) is 3.95. The minimum atomic E-state index is -1.11. The van der Waals surface area contributed by atoms with E-state index in [4.69, 9.17) is 14.2 Å². The van der Waals surface area contributed by atoms with Crippen LogP contribution in [0.2, 0.25) is 0 Å². The molecule has 7 heteroatoms. The number of hydrogen-bond donors (Lipinski definition) is 1. The second-order valence-electron chi connectivity index (χ2n) is 5.50. The fraction of sp³-hybridized carbons (Fsp3) is 0.375. The van der Waals surface area contributed by atoms with E-state index >= 15 is 0 Å². The van der Waals surface area contributed by atoms with Gasteiger partial charge in [0.2, 0.25) is 0 Å². The summed E-state index contributed by atoms with van der Waals surface area (Å²) in [6, 6.07) is 3.13. The first kappa shape index (κ1) is 15.9. The van der Waals surface area contributed by atoms with E-state index in [1.165, 1.54) is 13.2 Å². The Hall–Kier alpha value is -2.02. The third kappa shape index (κ3) is 2.93. The van der Waals surface area contributed by atoms with Crippen LogP contribution in [0.4, 0.5) is 0 Å². The molecule has 1 saturated carbocycles. The summed E-state index contributed by atoms with van der Waals surface area (Å²) < 4.78 is 16.4. The second-order valence-corrected chi connectivity index (χ2v) is 6.42. The zero-order valence-electron chi connectivity index (χ0n) is 12.4. The number of carbonyl (C=O) groups excluding carboxylic acids is 2. The Kier molecular flexibility index (Phi) is 4.06. The molecule has 1 aliphatic carbocycles. The molecular formula is C16H15BrO6. The van der Waals surface area contributed by atoms with Crippen molar-refractivity contribution in [1.29, 1.82) is 0 Å². The van der Waals surface area contributed by atoms with Gasteiger partial charge in [-0.15, -0.1) is 0 Å². The van der Waals surface area contributed by atoms with Crippen molar-refractivity contribution in [2.45, 2.75) is 31.5 Å². The first-order chi connectivity index (χ1) is 10.9. The van der Waals surface area contributed by atoms with Crippen LogP contribution >= 0.6 is 15.9 Å². The Morgan fingerprint density at radius 1 is 1.22 bits per heavy atom. The van der Waals surface area contributed by atoms with Gasteiger partial charge in [0.25, 0.3) is 5.79 Å². The quantitative estimate of drug-likeness (QED) is 0.481. The lowest BCUT2D eigenvalue weighted by Crippen LogP contribution is -2.44. The van der Waals surface area contributed by atoms with Crippen LogP contribution in [0.25, 0.3) is 6.08 Å². The number of halogens is 1. The number of ether oxygens (including phenoxy) is 3. The molecule has 0 radical (unpaired) electrons. The number of rotatable bonds is 2. The van der Waals surface area contributed by atoms with Crippen molar-refractivity contribution in [3.05, 3.63) is 27.7 Å². The highest BCUT2D eigenvalue weighted by molar-refractivity contribution is 9.10. The van der Waals surface area contributed by atoms with Gasteiger partial charge in [-0.1, -0.05) is 15.9 Å². The zero-order chi connectivity index (χ0) is 16.6. The Morgan fingerprint density at radius 3 is 2.39 bits per heavy atom. The van der Waals surface area contributed by atoms with Crippen molar-refractivity contribution in [3.63, 3.8) is 0 Å². The normalized spacial score (nSPS) is 19.5. The van der Waals surface area contributed by atoms with Crippen molar-refractivity contribution in [3.8, 4) is 11.5 Å². The summed E-state index contributed by atoms with van der Waals surface area (Å²) in [5, 5.41) is 10.1. The van der Waals surface area contributed by atoms with Gasteiger partial charge in [-0.3, -0.25) is 0 Å². The number of phenols is 1. The number of hydrogen-bond acceptors (Lipinski definition) is 6. The van der Waals surface area contributed by atoms with Gasteiger partial charge in [-0.05, 0) is 31.1 Å². The van der Waals surface area contributed by atoms with Crippen LogP contribution in [-0.2, 0) is 19.1 Å². The van der Waals surface area contributed by atoms with Gasteiger partial charge in [0.05, 0.1) is 7.11 Å². The van der Waals surface area contributed by atoms with Crippen LogP contribution in [0.3, 0.4) is 0 Å². The van der Waals surface area contributed by atoms with E-state index in [-0.39, 0.29) is 22.6 Å².